The Kier molecular flexibility index (Phi) is 3.50. The number of Topliss-reactive ketones (excluding diaryl/α,β-unsaturated/α-hetero) is 1. The minimum absolute atomic E-state index is 0.290. The number of hydrogen-bond donors (Lipinski definition) is 0. The van der Waals surface area contributed by atoms with Crippen molar-refractivity contribution in [2.45, 2.75) is 0 Å². The number of amides is 1. The highest BCUT2D eigenvalue weighted by molar-refractivity contribution is 6.52. The molecule has 1 amide bonds. The molecule has 1 saturated heterocycles. The Morgan fingerprint density at radius 2 is 1.90 bits per heavy atom. The number of ether oxygens (including phenoxy) is 1. The van der Waals surface area contributed by atoms with Gasteiger partial charge in [0, 0.05) is 26.2 Å². The molecule has 0 saturated carbocycles. The number of benzene rings is 1. The van der Waals surface area contributed by atoms with Crippen molar-refractivity contribution >= 4 is 17.4 Å². The lowest BCUT2D eigenvalue weighted by Gasteiger charge is -2.28. The van der Waals surface area contributed by atoms with Crippen LogP contribution in [0.3, 0.4) is 0 Å². The van der Waals surface area contributed by atoms with E-state index in [4.69, 9.17) is 4.74 Å². The predicted molar refractivity (Wildman–Crippen MR) is 70.3 cm³/mol. The first kappa shape index (κ1) is 13.2. The quantitative estimate of drug-likeness (QED) is 0.763. The van der Waals surface area contributed by atoms with Crippen LogP contribution in [-0.4, -0.2) is 56.0 Å². The number of anilines is 1. The van der Waals surface area contributed by atoms with Crippen molar-refractivity contribution in [2.75, 3.05) is 44.3 Å². The van der Waals surface area contributed by atoms with Crippen molar-refractivity contribution in [3.8, 4) is 0 Å². The molecule has 0 unspecified atom stereocenters. The zero-order valence-electron chi connectivity index (χ0n) is 11.0. The van der Waals surface area contributed by atoms with Gasteiger partial charge in [-0.25, -0.2) is 4.39 Å². The minimum Gasteiger partial charge on any atom is -0.379 e. The van der Waals surface area contributed by atoms with Crippen molar-refractivity contribution in [1.82, 2.24) is 4.90 Å². The number of hydrogen-bond acceptors (Lipinski definition) is 4. The highest BCUT2D eigenvalue weighted by Crippen LogP contribution is 2.29. The average Bonchev–Trinajstić information content (AvgIpc) is 2.70. The Morgan fingerprint density at radius 1 is 1.15 bits per heavy atom. The van der Waals surface area contributed by atoms with E-state index in [-0.39, 0.29) is 0 Å². The summed E-state index contributed by atoms with van der Waals surface area (Å²) in [6.07, 6.45) is 0. The second-order valence-electron chi connectivity index (χ2n) is 4.90. The topological polar surface area (TPSA) is 49.9 Å². The largest absolute Gasteiger partial charge is 0.379 e. The highest BCUT2D eigenvalue weighted by atomic mass is 19.1. The second kappa shape index (κ2) is 5.30. The zero-order valence-corrected chi connectivity index (χ0v) is 11.0. The van der Waals surface area contributed by atoms with Crippen LogP contribution >= 0.6 is 0 Å². The van der Waals surface area contributed by atoms with Crippen LogP contribution in [0.5, 0.6) is 0 Å². The van der Waals surface area contributed by atoms with Gasteiger partial charge >= 0.3 is 0 Å². The van der Waals surface area contributed by atoms with Crippen molar-refractivity contribution in [3.05, 3.63) is 29.6 Å². The molecule has 0 radical (unpaired) electrons. The molecule has 106 valence electrons. The number of halogens is 1. The summed E-state index contributed by atoms with van der Waals surface area (Å²) >= 11 is 0. The average molecular weight is 278 g/mol. The maximum atomic E-state index is 13.3. The van der Waals surface area contributed by atoms with E-state index >= 15 is 0 Å². The van der Waals surface area contributed by atoms with E-state index in [1.54, 1.807) is 0 Å². The highest BCUT2D eigenvalue weighted by Gasteiger charge is 2.35. The molecule has 6 heteroatoms. The Morgan fingerprint density at radius 3 is 2.65 bits per heavy atom. The van der Waals surface area contributed by atoms with Crippen LogP contribution < -0.4 is 4.90 Å². The SMILES string of the molecule is O=C1C(=O)N(CCN2CCOCC2)c2cc(F)ccc21. The van der Waals surface area contributed by atoms with E-state index in [0.717, 1.165) is 13.1 Å². The first-order chi connectivity index (χ1) is 9.66. The number of carbonyl (C=O) groups excluding carboxylic acids is 2. The van der Waals surface area contributed by atoms with Crippen LogP contribution in [0, 0.1) is 5.82 Å². The zero-order chi connectivity index (χ0) is 14.1. The van der Waals surface area contributed by atoms with Gasteiger partial charge in [0.15, 0.2) is 0 Å². The van der Waals surface area contributed by atoms with Gasteiger partial charge in [-0.2, -0.15) is 0 Å². The molecule has 1 fully saturated rings. The molecule has 0 aliphatic carbocycles. The van der Waals surface area contributed by atoms with Crippen LogP contribution in [0.25, 0.3) is 0 Å². The molecule has 2 aliphatic heterocycles. The first-order valence-corrected chi connectivity index (χ1v) is 6.62. The number of fused-ring (bicyclic) bond motifs is 1. The summed E-state index contributed by atoms with van der Waals surface area (Å²) < 4.78 is 18.6. The van der Waals surface area contributed by atoms with Crippen LogP contribution in [0.2, 0.25) is 0 Å². The third kappa shape index (κ3) is 2.32. The van der Waals surface area contributed by atoms with Gasteiger partial charge in [0.1, 0.15) is 5.82 Å². The van der Waals surface area contributed by atoms with Crippen LogP contribution in [-0.2, 0) is 9.53 Å². The number of nitrogens with zero attached hydrogens (tertiary/aromatic N) is 2. The van der Waals surface area contributed by atoms with E-state index in [9.17, 15) is 14.0 Å². The number of carbonyl (C=O) groups is 2. The Balaban J connectivity index is 1.75. The molecule has 0 bridgehead atoms. The second-order valence-corrected chi connectivity index (χ2v) is 4.90. The van der Waals surface area contributed by atoms with Gasteiger partial charge in [0.25, 0.3) is 11.7 Å². The smallest absolute Gasteiger partial charge is 0.299 e. The van der Waals surface area contributed by atoms with Gasteiger partial charge in [0.2, 0.25) is 0 Å². The van der Waals surface area contributed by atoms with Gasteiger partial charge in [0.05, 0.1) is 24.5 Å². The van der Waals surface area contributed by atoms with Crippen molar-refractivity contribution in [2.24, 2.45) is 0 Å². The fraction of sp³-hybridized carbons (Fsp3) is 0.429. The van der Waals surface area contributed by atoms with E-state index in [2.05, 4.69) is 4.90 Å². The molecule has 0 N–H and O–H groups in total. The summed E-state index contributed by atoms with van der Waals surface area (Å²) in [6, 6.07) is 3.83. The minimum atomic E-state index is -0.571. The predicted octanol–water partition coefficient (Wildman–Crippen LogP) is 0.687. The fourth-order valence-electron chi connectivity index (χ4n) is 2.56. The maximum absolute atomic E-state index is 13.3. The van der Waals surface area contributed by atoms with Crippen LogP contribution in [0.4, 0.5) is 10.1 Å². The summed E-state index contributed by atoms with van der Waals surface area (Å²) in [5.41, 5.74) is 0.673. The Hall–Kier alpha value is -1.79. The maximum Gasteiger partial charge on any atom is 0.299 e. The van der Waals surface area contributed by atoms with Gasteiger partial charge in [-0.3, -0.25) is 14.5 Å². The summed E-state index contributed by atoms with van der Waals surface area (Å²) in [5, 5.41) is 0. The van der Waals surface area contributed by atoms with Crippen LogP contribution in [0.1, 0.15) is 10.4 Å². The molecule has 1 aromatic carbocycles. The van der Waals surface area contributed by atoms with Crippen molar-refractivity contribution < 1.29 is 18.7 Å². The fourth-order valence-corrected chi connectivity index (χ4v) is 2.56. The van der Waals surface area contributed by atoms with E-state index in [1.165, 1.54) is 23.1 Å². The van der Waals surface area contributed by atoms with Gasteiger partial charge in [-0.15, -0.1) is 0 Å². The molecule has 20 heavy (non-hydrogen) atoms. The Bertz CT molecular complexity index is 555. The lowest BCUT2D eigenvalue weighted by molar-refractivity contribution is -0.114. The summed E-state index contributed by atoms with van der Waals surface area (Å²) in [6.45, 7) is 4.02. The Labute approximate surface area is 115 Å². The van der Waals surface area contributed by atoms with Crippen molar-refractivity contribution in [1.29, 1.82) is 0 Å². The lowest BCUT2D eigenvalue weighted by Crippen LogP contribution is -2.42. The molecule has 2 aliphatic rings. The standard InChI is InChI=1S/C14H15FN2O3/c15-10-1-2-11-12(9-10)17(14(19)13(11)18)4-3-16-5-7-20-8-6-16/h1-2,9H,3-8H2. The first-order valence-electron chi connectivity index (χ1n) is 6.62. The van der Waals surface area contributed by atoms with Gasteiger partial charge < -0.3 is 9.64 Å². The van der Waals surface area contributed by atoms with E-state index in [1.807, 2.05) is 0 Å². The summed E-state index contributed by atoms with van der Waals surface area (Å²) in [5.74, 6) is -1.57. The summed E-state index contributed by atoms with van der Waals surface area (Å²) in [4.78, 5) is 27.3. The normalized spacial score (nSPS) is 19.6. The molecule has 0 atom stereocenters. The monoisotopic (exact) mass is 278 g/mol. The third-order valence-electron chi connectivity index (χ3n) is 3.68. The number of ketones is 1. The molecule has 5 nitrogen and oxygen atoms in total. The number of morpholine rings is 1. The molecule has 1 aromatic rings. The van der Waals surface area contributed by atoms with Crippen molar-refractivity contribution in [3.63, 3.8) is 0 Å². The number of rotatable bonds is 3. The lowest BCUT2D eigenvalue weighted by atomic mass is 10.1. The van der Waals surface area contributed by atoms with E-state index < -0.39 is 17.5 Å². The summed E-state index contributed by atoms with van der Waals surface area (Å²) in [7, 11) is 0. The van der Waals surface area contributed by atoms with Gasteiger partial charge in [-0.05, 0) is 18.2 Å². The molecule has 0 aromatic heterocycles. The van der Waals surface area contributed by atoms with Crippen LogP contribution in [0.15, 0.2) is 18.2 Å². The van der Waals surface area contributed by atoms with E-state index in [0.29, 0.717) is 37.6 Å². The molecular formula is C14H15FN2O3. The molecule has 2 heterocycles. The van der Waals surface area contributed by atoms with Gasteiger partial charge in [-0.1, -0.05) is 0 Å². The molecule has 0 spiro atoms. The third-order valence-corrected chi connectivity index (χ3v) is 3.68. The molecular weight excluding hydrogens is 263 g/mol. The molecule has 3 rings (SSSR count).